The van der Waals surface area contributed by atoms with Gasteiger partial charge in [-0.1, -0.05) is 18.2 Å². The van der Waals surface area contributed by atoms with Crippen LogP contribution in [0.3, 0.4) is 0 Å². The van der Waals surface area contributed by atoms with Crippen LogP contribution in [0.15, 0.2) is 28.4 Å². The summed E-state index contributed by atoms with van der Waals surface area (Å²) in [5.74, 6) is 0.472. The molecule has 0 N–H and O–H groups in total. The second-order valence-corrected chi connectivity index (χ2v) is 5.55. The molecular formula is C16H22N2O4S. The fraction of sp³-hybridized carbons (Fsp3) is 0.438. The Labute approximate surface area is 140 Å². The molecule has 7 heteroatoms. The van der Waals surface area contributed by atoms with Gasteiger partial charge in [-0.25, -0.2) is 4.98 Å². The molecule has 6 nitrogen and oxygen atoms in total. The molecule has 1 heterocycles. The van der Waals surface area contributed by atoms with E-state index in [0.717, 1.165) is 16.4 Å². The predicted octanol–water partition coefficient (Wildman–Crippen LogP) is 2.91. The molecule has 1 rings (SSSR count). The highest BCUT2D eigenvalue weighted by Crippen LogP contribution is 2.20. The number of carbonyl (C=O) groups excluding carboxylic acids is 1. The van der Waals surface area contributed by atoms with E-state index in [1.807, 2.05) is 31.4 Å². The number of thiazole rings is 1. The molecule has 0 bridgehead atoms. The molecule has 23 heavy (non-hydrogen) atoms. The number of rotatable bonds is 9. The van der Waals surface area contributed by atoms with Crippen molar-refractivity contribution in [3.63, 3.8) is 0 Å². The Bertz CT molecular complexity index is 593. The van der Waals surface area contributed by atoms with Gasteiger partial charge in [0.1, 0.15) is 29.9 Å². The average molecular weight is 338 g/mol. The van der Waals surface area contributed by atoms with E-state index in [1.54, 1.807) is 7.11 Å². The van der Waals surface area contributed by atoms with Crippen molar-refractivity contribution in [1.82, 2.24) is 4.98 Å². The minimum Gasteiger partial charge on any atom is -0.501 e. The first-order valence-corrected chi connectivity index (χ1v) is 7.89. The van der Waals surface area contributed by atoms with Crippen LogP contribution in [0.4, 0.5) is 0 Å². The quantitative estimate of drug-likeness (QED) is 0.228. The highest BCUT2D eigenvalue weighted by Gasteiger charge is 2.19. The highest BCUT2D eigenvalue weighted by atomic mass is 32.1. The average Bonchev–Trinajstić information content (AvgIpc) is 3.02. The molecule has 0 aromatic carbocycles. The van der Waals surface area contributed by atoms with E-state index < -0.39 is 0 Å². The molecule has 0 saturated carbocycles. The summed E-state index contributed by atoms with van der Waals surface area (Å²) < 4.78 is 10.7. The summed E-state index contributed by atoms with van der Waals surface area (Å²) in [6.07, 6.45) is 5.63. The van der Waals surface area contributed by atoms with E-state index in [1.165, 1.54) is 31.6 Å². The summed E-state index contributed by atoms with van der Waals surface area (Å²) in [5.41, 5.74) is 1.53. The number of hydrogen-bond donors (Lipinski definition) is 0. The summed E-state index contributed by atoms with van der Waals surface area (Å²) in [6.45, 7) is 3.77. The lowest BCUT2D eigenvalue weighted by Crippen LogP contribution is -2.20. The zero-order valence-electron chi connectivity index (χ0n) is 14.0. The van der Waals surface area contributed by atoms with Crippen molar-refractivity contribution in [1.29, 1.82) is 0 Å². The predicted molar refractivity (Wildman–Crippen MR) is 91.5 cm³/mol. The van der Waals surface area contributed by atoms with Crippen LogP contribution in [0.2, 0.25) is 0 Å². The topological polar surface area (TPSA) is 70.0 Å². The number of oxime groups is 1. The number of methoxy groups -OCH3 is 2. The Hall–Kier alpha value is -1.99. The summed E-state index contributed by atoms with van der Waals surface area (Å²) in [4.78, 5) is 19.8. The number of aromatic nitrogens is 1. The van der Waals surface area contributed by atoms with Gasteiger partial charge in [-0.15, -0.1) is 11.3 Å². The Morgan fingerprint density at radius 2 is 2.13 bits per heavy atom. The molecule has 0 radical (unpaired) electrons. The Kier molecular flexibility index (Phi) is 8.21. The first-order valence-electron chi connectivity index (χ1n) is 7.01. The molecule has 2 atom stereocenters. The summed E-state index contributed by atoms with van der Waals surface area (Å²) in [6, 6.07) is 0. The van der Waals surface area contributed by atoms with Crippen LogP contribution in [0.5, 0.6) is 0 Å². The van der Waals surface area contributed by atoms with E-state index >= 15 is 0 Å². The van der Waals surface area contributed by atoms with E-state index in [2.05, 4.69) is 10.1 Å². The van der Waals surface area contributed by atoms with Gasteiger partial charge >= 0.3 is 0 Å². The van der Waals surface area contributed by atoms with Crippen LogP contribution in [0, 0.1) is 5.92 Å². The fourth-order valence-electron chi connectivity index (χ4n) is 1.98. The largest absolute Gasteiger partial charge is 0.501 e. The molecule has 1 aromatic rings. The van der Waals surface area contributed by atoms with Crippen molar-refractivity contribution < 1.29 is 19.1 Å². The van der Waals surface area contributed by atoms with Crippen molar-refractivity contribution in [2.75, 3.05) is 21.3 Å². The second-order valence-electron chi connectivity index (χ2n) is 4.69. The fourth-order valence-corrected chi connectivity index (χ4v) is 2.71. The van der Waals surface area contributed by atoms with Gasteiger partial charge in [0.2, 0.25) is 0 Å². The third-order valence-corrected chi connectivity index (χ3v) is 4.17. The summed E-state index contributed by atoms with van der Waals surface area (Å²) in [7, 11) is 4.65. The zero-order valence-corrected chi connectivity index (χ0v) is 14.8. The number of nitrogens with zero attached hydrogens (tertiary/aromatic N) is 2. The van der Waals surface area contributed by atoms with Gasteiger partial charge < -0.3 is 14.3 Å². The number of allylic oxidation sites excluding steroid dienone is 1. The minimum atomic E-state index is -0.236. The van der Waals surface area contributed by atoms with Gasteiger partial charge in [0, 0.05) is 24.5 Å². The SMILES string of the molecule is CON=C(C)c1nc(/C=C/C(OC)C(C)/C(=C\C=O)OC)cs1. The Morgan fingerprint density at radius 3 is 2.70 bits per heavy atom. The van der Waals surface area contributed by atoms with Gasteiger partial charge in [-0.05, 0) is 13.0 Å². The molecule has 0 fully saturated rings. The van der Waals surface area contributed by atoms with Crippen molar-refractivity contribution in [3.8, 4) is 0 Å². The molecule has 2 unspecified atom stereocenters. The number of ether oxygens (including phenoxy) is 2. The lowest BCUT2D eigenvalue weighted by atomic mass is 10.0. The second kappa shape index (κ2) is 9.91. The van der Waals surface area contributed by atoms with Crippen molar-refractivity contribution in [2.45, 2.75) is 20.0 Å². The van der Waals surface area contributed by atoms with Crippen molar-refractivity contribution >= 4 is 29.4 Å². The summed E-state index contributed by atoms with van der Waals surface area (Å²) in [5, 5.41) is 6.59. The van der Waals surface area contributed by atoms with Crippen LogP contribution >= 0.6 is 11.3 Å². The van der Waals surface area contributed by atoms with Gasteiger partial charge in [0.15, 0.2) is 0 Å². The number of aldehydes is 1. The molecule has 0 aliphatic heterocycles. The maximum atomic E-state index is 10.6. The van der Waals surface area contributed by atoms with E-state index in [-0.39, 0.29) is 12.0 Å². The van der Waals surface area contributed by atoms with E-state index in [0.29, 0.717) is 12.0 Å². The minimum absolute atomic E-state index is 0.0960. The van der Waals surface area contributed by atoms with Gasteiger partial charge in [0.05, 0.1) is 18.9 Å². The zero-order chi connectivity index (χ0) is 17.2. The van der Waals surface area contributed by atoms with Crippen LogP contribution in [0.25, 0.3) is 6.08 Å². The molecule has 126 valence electrons. The van der Waals surface area contributed by atoms with Gasteiger partial charge in [-0.3, -0.25) is 4.79 Å². The molecular weight excluding hydrogens is 316 g/mol. The molecule has 1 aromatic heterocycles. The van der Waals surface area contributed by atoms with Crippen LogP contribution < -0.4 is 0 Å². The Morgan fingerprint density at radius 1 is 1.39 bits per heavy atom. The monoisotopic (exact) mass is 338 g/mol. The molecule has 0 saturated heterocycles. The first kappa shape index (κ1) is 19.1. The molecule has 0 aliphatic carbocycles. The number of carbonyl (C=O) groups is 1. The normalized spacial score (nSPS) is 15.5. The smallest absolute Gasteiger partial charge is 0.146 e. The first-order chi connectivity index (χ1) is 11.1. The van der Waals surface area contributed by atoms with Crippen LogP contribution in [-0.2, 0) is 19.1 Å². The molecule has 0 spiro atoms. The lowest BCUT2D eigenvalue weighted by Gasteiger charge is -2.21. The van der Waals surface area contributed by atoms with Crippen LogP contribution in [0.1, 0.15) is 24.5 Å². The highest BCUT2D eigenvalue weighted by molar-refractivity contribution is 7.11. The summed E-state index contributed by atoms with van der Waals surface area (Å²) >= 11 is 1.49. The maximum absolute atomic E-state index is 10.6. The third kappa shape index (κ3) is 5.61. The third-order valence-electron chi connectivity index (χ3n) is 3.20. The van der Waals surface area contributed by atoms with E-state index in [4.69, 9.17) is 14.3 Å². The maximum Gasteiger partial charge on any atom is 0.146 e. The van der Waals surface area contributed by atoms with Crippen molar-refractivity contribution in [2.24, 2.45) is 11.1 Å². The van der Waals surface area contributed by atoms with Gasteiger partial charge in [-0.2, -0.15) is 0 Å². The Balaban J connectivity index is 2.86. The molecule has 0 aliphatic rings. The van der Waals surface area contributed by atoms with Crippen LogP contribution in [-0.4, -0.2) is 44.4 Å². The molecule has 0 amide bonds. The van der Waals surface area contributed by atoms with Crippen molar-refractivity contribution in [3.05, 3.63) is 34.0 Å². The lowest BCUT2D eigenvalue weighted by molar-refractivity contribution is -0.104. The van der Waals surface area contributed by atoms with Gasteiger partial charge in [0.25, 0.3) is 0 Å². The standard InChI is InChI=1S/C16H22N2O4S/c1-11(15(21-4)8-9-19)14(20-3)7-6-13-10-23-16(17-13)12(2)18-22-5/h6-11,14H,1-5H3/b7-6+,15-8+,18-12?. The van der Waals surface area contributed by atoms with E-state index in [9.17, 15) is 4.79 Å². The number of hydrogen-bond acceptors (Lipinski definition) is 7.